The van der Waals surface area contributed by atoms with Crippen LogP contribution in [0.25, 0.3) is 38.5 Å². The summed E-state index contributed by atoms with van der Waals surface area (Å²) in [7, 11) is 0. The van der Waals surface area contributed by atoms with E-state index >= 15 is 0 Å². The van der Waals surface area contributed by atoms with Gasteiger partial charge in [0, 0.05) is 45.8 Å². The third-order valence-corrected chi connectivity index (χ3v) is 11.4. The first-order valence-corrected chi connectivity index (χ1v) is 21.6. The number of fused-ring (bicyclic) bond motifs is 1. The summed E-state index contributed by atoms with van der Waals surface area (Å²) in [6.45, 7) is 16.1. The second-order valence-electron chi connectivity index (χ2n) is 17.0. The van der Waals surface area contributed by atoms with Crippen molar-refractivity contribution in [1.82, 2.24) is 9.97 Å². The fraction of sp³-hybridized carbons (Fsp3) is 0.490. The smallest absolute Gasteiger partial charge is 0.129 e. The number of allylic oxidation sites excluding steroid dienone is 1. The van der Waals surface area contributed by atoms with E-state index in [0.29, 0.717) is 6.61 Å². The van der Waals surface area contributed by atoms with Crippen molar-refractivity contribution in [2.24, 2.45) is 0 Å². The summed E-state index contributed by atoms with van der Waals surface area (Å²) in [5.74, 6) is 0.919. The van der Waals surface area contributed by atoms with E-state index < -0.39 is 0 Å². The molecule has 0 spiro atoms. The van der Waals surface area contributed by atoms with Gasteiger partial charge in [0.25, 0.3) is 0 Å². The van der Waals surface area contributed by atoms with Crippen LogP contribution in [0.4, 0.5) is 0 Å². The highest BCUT2D eigenvalue weighted by molar-refractivity contribution is 6.07. The van der Waals surface area contributed by atoms with Crippen molar-refractivity contribution in [1.29, 1.82) is 0 Å². The van der Waals surface area contributed by atoms with Gasteiger partial charge in [-0.15, -0.1) is 0 Å². The minimum atomic E-state index is -0.346. The largest absolute Gasteiger partial charge is 0.493 e. The Morgan fingerprint density at radius 1 is 0.818 bits per heavy atom. The number of nitrogens with zero attached hydrogens (tertiary/aromatic N) is 2. The lowest BCUT2D eigenvalue weighted by molar-refractivity contribution is -0.0650. The molecule has 1 unspecified atom stereocenters. The highest BCUT2D eigenvalue weighted by Crippen LogP contribution is 2.45. The lowest BCUT2D eigenvalue weighted by Gasteiger charge is -2.31. The van der Waals surface area contributed by atoms with Crippen molar-refractivity contribution in [3.63, 3.8) is 0 Å². The van der Waals surface area contributed by atoms with Gasteiger partial charge in [0.2, 0.25) is 0 Å². The zero-order valence-corrected chi connectivity index (χ0v) is 34.7. The van der Waals surface area contributed by atoms with Crippen LogP contribution >= 0.6 is 0 Å². The molecule has 0 fully saturated rings. The molecule has 0 aliphatic carbocycles. The van der Waals surface area contributed by atoms with Crippen LogP contribution in [0.2, 0.25) is 0 Å². The molecule has 4 heteroatoms. The molecule has 5 aromatic rings. The Kier molecular flexibility index (Phi) is 14.6. The third-order valence-electron chi connectivity index (χ3n) is 11.4. The number of aromatic nitrogens is 2. The summed E-state index contributed by atoms with van der Waals surface area (Å²) in [5, 5.41) is 2.25. The van der Waals surface area contributed by atoms with Gasteiger partial charge in [-0.3, -0.25) is 9.97 Å². The minimum Gasteiger partial charge on any atom is -0.493 e. The normalized spacial score (nSPS) is 13.3. The maximum Gasteiger partial charge on any atom is 0.129 e. The lowest BCUT2D eigenvalue weighted by Crippen LogP contribution is -2.24. The molecule has 1 aliphatic rings. The van der Waals surface area contributed by atoms with E-state index in [4.69, 9.17) is 19.4 Å². The molecule has 4 nitrogen and oxygen atoms in total. The number of ether oxygens (including phenoxy) is 2. The lowest BCUT2D eigenvalue weighted by atomic mass is 9.87. The Morgan fingerprint density at radius 2 is 1.49 bits per heavy atom. The molecule has 0 saturated carbocycles. The summed E-state index contributed by atoms with van der Waals surface area (Å²) in [6.07, 6.45) is 23.4. The van der Waals surface area contributed by atoms with Gasteiger partial charge in [0.05, 0.1) is 29.3 Å². The molecular formula is C51H66N2O2. The molecular weight excluding hydrogens is 673 g/mol. The van der Waals surface area contributed by atoms with E-state index in [1.54, 1.807) is 0 Å². The van der Waals surface area contributed by atoms with Crippen LogP contribution in [0.5, 0.6) is 5.75 Å². The molecule has 6 rings (SSSR count). The quantitative estimate of drug-likeness (QED) is 0.0703. The Hall–Kier alpha value is -4.02. The molecule has 1 aliphatic heterocycles. The third kappa shape index (κ3) is 10.8. The number of hydrogen-bond acceptors (Lipinski definition) is 4. The average molecular weight is 739 g/mol. The van der Waals surface area contributed by atoms with Gasteiger partial charge in [-0.1, -0.05) is 133 Å². The molecule has 0 N–H and O–H groups in total. The molecule has 2 aromatic heterocycles. The molecule has 0 radical (unpaired) electrons. The van der Waals surface area contributed by atoms with Crippen LogP contribution in [0.1, 0.15) is 158 Å². The Labute approximate surface area is 332 Å². The standard InChI is InChI=1S/C51H66N2O2/c1-7-8-9-10-11-12-13-14-15-16-17-18-19-22-37(2)40-28-25-39(26-29-40)27-31-46(55-51(4,5)6)47-38(3)53-44-24-21-20-23-42(44)49(47)43-30-32-45-48-41(34-36-54-45)33-35-52-50(43)48/h20-21,23-26,28-30,32-33,35,46H,2,7-19,22,27,31,34,36H2,1,3-6H3. The molecule has 55 heavy (non-hydrogen) atoms. The van der Waals surface area contributed by atoms with Gasteiger partial charge in [0.15, 0.2) is 0 Å². The maximum atomic E-state index is 7.00. The highest BCUT2D eigenvalue weighted by atomic mass is 16.5. The number of hydrogen-bond donors (Lipinski definition) is 0. The van der Waals surface area contributed by atoms with E-state index in [0.717, 1.165) is 70.1 Å². The van der Waals surface area contributed by atoms with E-state index in [2.05, 4.69) is 108 Å². The molecule has 0 bridgehead atoms. The van der Waals surface area contributed by atoms with Crippen molar-refractivity contribution in [3.05, 3.63) is 107 Å². The fourth-order valence-corrected chi connectivity index (χ4v) is 8.53. The first kappa shape index (κ1) is 40.6. The Morgan fingerprint density at radius 3 is 2.18 bits per heavy atom. The number of para-hydroxylation sites is 1. The first-order valence-electron chi connectivity index (χ1n) is 21.6. The van der Waals surface area contributed by atoms with Crippen LogP contribution in [-0.2, 0) is 17.6 Å². The van der Waals surface area contributed by atoms with Crippen LogP contribution in [0, 0.1) is 6.92 Å². The predicted octanol–water partition coefficient (Wildman–Crippen LogP) is 14.7. The monoisotopic (exact) mass is 739 g/mol. The van der Waals surface area contributed by atoms with E-state index in [9.17, 15) is 0 Å². The molecule has 1 atom stereocenters. The van der Waals surface area contributed by atoms with Crippen molar-refractivity contribution < 1.29 is 9.47 Å². The number of aryl methyl sites for hydroxylation is 2. The average Bonchev–Trinajstić information content (AvgIpc) is 3.18. The SMILES string of the molecule is C=C(CCCCCCCCCCCCCCC)c1ccc(CCC(OC(C)(C)C)c2c(C)nc3ccccc3c2-c2ccc3c4c(ccnc24)CCO3)cc1. The highest BCUT2D eigenvalue weighted by Gasteiger charge is 2.29. The van der Waals surface area contributed by atoms with Crippen LogP contribution in [-0.4, -0.2) is 22.2 Å². The maximum absolute atomic E-state index is 7.00. The van der Waals surface area contributed by atoms with E-state index in [1.165, 1.54) is 111 Å². The van der Waals surface area contributed by atoms with Gasteiger partial charge in [-0.05, 0) is 99.9 Å². The number of benzene rings is 3. The van der Waals surface area contributed by atoms with Gasteiger partial charge in [-0.25, -0.2) is 0 Å². The second-order valence-corrected chi connectivity index (χ2v) is 17.0. The van der Waals surface area contributed by atoms with Crippen molar-refractivity contribution in [2.45, 2.75) is 155 Å². The summed E-state index contributed by atoms with van der Waals surface area (Å²) in [4.78, 5) is 10.2. The van der Waals surface area contributed by atoms with Crippen LogP contribution in [0.15, 0.2) is 79.5 Å². The molecule has 3 aromatic carbocycles. The summed E-state index contributed by atoms with van der Waals surface area (Å²) in [6, 6.07) is 24.1. The zero-order valence-electron chi connectivity index (χ0n) is 34.7. The molecule has 0 saturated heterocycles. The van der Waals surface area contributed by atoms with E-state index in [1.807, 2.05) is 6.20 Å². The Balaban J connectivity index is 1.12. The predicted molar refractivity (Wildman–Crippen MR) is 234 cm³/mol. The van der Waals surface area contributed by atoms with Gasteiger partial charge in [0.1, 0.15) is 5.75 Å². The van der Waals surface area contributed by atoms with Crippen LogP contribution < -0.4 is 4.74 Å². The Bertz CT molecular complexity index is 1990. The molecule has 0 amide bonds. The number of unbranched alkanes of at least 4 members (excludes halogenated alkanes) is 12. The van der Waals surface area contributed by atoms with Crippen molar-refractivity contribution >= 4 is 27.4 Å². The topological polar surface area (TPSA) is 44.2 Å². The summed E-state index contributed by atoms with van der Waals surface area (Å²) < 4.78 is 13.1. The number of pyridine rings is 2. The molecule has 3 heterocycles. The van der Waals surface area contributed by atoms with Crippen LogP contribution in [0.3, 0.4) is 0 Å². The van der Waals surface area contributed by atoms with E-state index in [-0.39, 0.29) is 11.7 Å². The summed E-state index contributed by atoms with van der Waals surface area (Å²) in [5.41, 5.74) is 11.2. The van der Waals surface area contributed by atoms with Gasteiger partial charge in [-0.2, -0.15) is 0 Å². The fourth-order valence-electron chi connectivity index (χ4n) is 8.53. The minimum absolute atomic E-state index is 0.167. The second kappa shape index (κ2) is 19.7. The van der Waals surface area contributed by atoms with Crippen molar-refractivity contribution in [3.8, 4) is 16.9 Å². The van der Waals surface area contributed by atoms with Gasteiger partial charge >= 0.3 is 0 Å². The summed E-state index contributed by atoms with van der Waals surface area (Å²) >= 11 is 0. The van der Waals surface area contributed by atoms with Gasteiger partial charge < -0.3 is 9.47 Å². The molecule has 292 valence electrons. The van der Waals surface area contributed by atoms with Crippen molar-refractivity contribution in [2.75, 3.05) is 6.61 Å². The zero-order chi connectivity index (χ0) is 38.6. The number of rotatable bonds is 21. The first-order chi connectivity index (χ1) is 26.7.